The molecule has 8 heteroatoms. The average Bonchev–Trinajstić information content (AvgIpc) is 2.13. The molecule has 1 atom stereocenters. The fraction of sp³-hybridized carbons (Fsp3) is 0.556. The normalized spacial score (nSPS) is 13.4. The van der Waals surface area contributed by atoms with Crippen LogP contribution < -0.4 is 11.1 Å². The second-order valence-electron chi connectivity index (χ2n) is 3.80. The molecule has 1 aromatic heterocycles. The first-order chi connectivity index (χ1) is 7.80. The Hall–Kier alpha value is -1.02. The lowest BCUT2D eigenvalue weighted by molar-refractivity contribution is 0.598. The van der Waals surface area contributed by atoms with E-state index in [2.05, 4.69) is 15.3 Å². The molecule has 0 fully saturated rings. The number of hydrogen-bond acceptors (Lipinski definition) is 7. The van der Waals surface area contributed by atoms with Crippen LogP contribution in [0.3, 0.4) is 0 Å². The van der Waals surface area contributed by atoms with Crippen LogP contribution in [-0.2, 0) is 9.84 Å². The summed E-state index contributed by atoms with van der Waals surface area (Å²) in [6, 6.07) is 1.35. The highest BCUT2D eigenvalue weighted by Gasteiger charge is 2.11. The zero-order valence-corrected chi connectivity index (χ0v) is 11.6. The zero-order chi connectivity index (χ0) is 13.1. The Bertz CT molecular complexity index is 490. The van der Waals surface area contributed by atoms with Crippen molar-refractivity contribution in [3.8, 4) is 0 Å². The summed E-state index contributed by atoms with van der Waals surface area (Å²) in [6.45, 7) is 1.78. The number of nitrogens with one attached hydrogen (secondary N) is 1. The van der Waals surface area contributed by atoms with Crippen molar-refractivity contribution in [2.24, 2.45) is 0 Å². The summed E-state index contributed by atoms with van der Waals surface area (Å²) in [5, 5.41) is 3.55. The summed E-state index contributed by atoms with van der Waals surface area (Å²) in [5.74, 6) is 0.947. The Morgan fingerprint density at radius 1 is 1.53 bits per heavy atom. The van der Waals surface area contributed by atoms with Crippen LogP contribution in [0.4, 0.5) is 11.6 Å². The van der Waals surface area contributed by atoms with Gasteiger partial charge in [-0.15, -0.1) is 0 Å². The van der Waals surface area contributed by atoms with Crippen molar-refractivity contribution in [2.45, 2.75) is 18.1 Å². The summed E-state index contributed by atoms with van der Waals surface area (Å²) in [6.07, 6.45) is 3.05. The Labute approximate surface area is 105 Å². The van der Waals surface area contributed by atoms with Gasteiger partial charge in [-0.25, -0.2) is 18.4 Å². The highest BCUT2D eigenvalue weighted by molar-refractivity contribution is 7.98. The summed E-state index contributed by atoms with van der Waals surface area (Å²) in [5.41, 5.74) is 5.62. The molecule has 0 saturated heterocycles. The van der Waals surface area contributed by atoms with Crippen LogP contribution in [0.1, 0.15) is 6.92 Å². The maximum atomic E-state index is 11.1. The monoisotopic (exact) mass is 276 g/mol. The van der Waals surface area contributed by atoms with E-state index in [1.165, 1.54) is 18.0 Å². The largest absolute Gasteiger partial charge is 0.383 e. The molecule has 0 amide bonds. The minimum atomic E-state index is -3.01. The lowest BCUT2D eigenvalue weighted by Crippen LogP contribution is -2.25. The van der Waals surface area contributed by atoms with E-state index in [0.717, 1.165) is 0 Å². The van der Waals surface area contributed by atoms with Gasteiger partial charge in [-0.2, -0.15) is 0 Å². The Kier molecular flexibility index (Phi) is 4.58. The number of aromatic nitrogens is 2. The van der Waals surface area contributed by atoms with Gasteiger partial charge in [-0.3, -0.25) is 0 Å². The molecular formula is C9H16N4O2S2. The predicted octanol–water partition coefficient (Wildman–Crippen LogP) is 0.626. The van der Waals surface area contributed by atoms with Crippen molar-refractivity contribution in [3.63, 3.8) is 0 Å². The van der Waals surface area contributed by atoms with E-state index in [9.17, 15) is 8.42 Å². The highest BCUT2D eigenvalue weighted by Crippen LogP contribution is 2.15. The zero-order valence-electron chi connectivity index (χ0n) is 9.97. The van der Waals surface area contributed by atoms with Gasteiger partial charge in [0.2, 0.25) is 0 Å². The van der Waals surface area contributed by atoms with Crippen LogP contribution in [0.15, 0.2) is 11.2 Å². The third-order valence-corrected chi connectivity index (χ3v) is 3.51. The van der Waals surface area contributed by atoms with Crippen LogP contribution in [0.5, 0.6) is 0 Å². The number of nitrogen functional groups attached to an aromatic ring is 1. The van der Waals surface area contributed by atoms with Gasteiger partial charge in [0.1, 0.15) is 21.5 Å². The van der Waals surface area contributed by atoms with Gasteiger partial charge in [0.05, 0.1) is 5.75 Å². The smallest absolute Gasteiger partial charge is 0.191 e. The predicted molar refractivity (Wildman–Crippen MR) is 71.0 cm³/mol. The molecule has 0 aliphatic heterocycles. The van der Waals surface area contributed by atoms with E-state index in [4.69, 9.17) is 5.73 Å². The number of nitrogens with zero attached hydrogens (tertiary/aromatic N) is 2. The molecule has 96 valence electrons. The van der Waals surface area contributed by atoms with E-state index in [1.807, 2.05) is 6.26 Å². The number of anilines is 2. The van der Waals surface area contributed by atoms with Crippen molar-refractivity contribution in [3.05, 3.63) is 6.07 Å². The maximum Gasteiger partial charge on any atom is 0.191 e. The van der Waals surface area contributed by atoms with Crippen LogP contribution in [-0.4, -0.2) is 42.7 Å². The third-order valence-electron chi connectivity index (χ3n) is 1.86. The topological polar surface area (TPSA) is 98.0 Å². The second kappa shape index (κ2) is 5.54. The highest BCUT2D eigenvalue weighted by atomic mass is 32.2. The van der Waals surface area contributed by atoms with E-state index in [-0.39, 0.29) is 11.8 Å². The van der Waals surface area contributed by atoms with Crippen LogP contribution in [0.25, 0.3) is 0 Å². The molecule has 0 bridgehead atoms. The van der Waals surface area contributed by atoms with Gasteiger partial charge >= 0.3 is 0 Å². The molecule has 0 saturated carbocycles. The fourth-order valence-corrected chi connectivity index (χ4v) is 2.73. The van der Waals surface area contributed by atoms with Gasteiger partial charge < -0.3 is 11.1 Å². The van der Waals surface area contributed by atoms with Gasteiger partial charge in [0.15, 0.2) is 5.16 Å². The summed E-state index contributed by atoms with van der Waals surface area (Å²) < 4.78 is 22.2. The van der Waals surface area contributed by atoms with Crippen LogP contribution in [0, 0.1) is 0 Å². The molecule has 0 aliphatic carbocycles. The van der Waals surface area contributed by atoms with E-state index >= 15 is 0 Å². The molecule has 1 rings (SSSR count). The Morgan fingerprint density at radius 3 is 2.71 bits per heavy atom. The van der Waals surface area contributed by atoms with Crippen molar-refractivity contribution in [1.29, 1.82) is 0 Å². The Morgan fingerprint density at radius 2 is 2.18 bits per heavy atom. The lowest BCUT2D eigenvalue weighted by atomic mass is 10.4. The Balaban J connectivity index is 2.77. The summed E-state index contributed by atoms with van der Waals surface area (Å²) in [7, 11) is -3.01. The maximum absolute atomic E-state index is 11.1. The molecule has 17 heavy (non-hydrogen) atoms. The van der Waals surface area contributed by atoms with Gasteiger partial charge in [0, 0.05) is 18.4 Å². The number of rotatable bonds is 5. The van der Waals surface area contributed by atoms with Crippen molar-refractivity contribution in [2.75, 3.05) is 29.3 Å². The molecule has 1 unspecified atom stereocenters. The van der Waals surface area contributed by atoms with Gasteiger partial charge in [-0.05, 0) is 13.2 Å². The van der Waals surface area contributed by atoms with E-state index in [1.54, 1.807) is 13.0 Å². The molecular weight excluding hydrogens is 260 g/mol. The minimum absolute atomic E-state index is 0.0471. The van der Waals surface area contributed by atoms with E-state index < -0.39 is 9.84 Å². The molecule has 1 aromatic rings. The van der Waals surface area contributed by atoms with Gasteiger partial charge in [-0.1, -0.05) is 11.8 Å². The fourth-order valence-electron chi connectivity index (χ4n) is 1.36. The van der Waals surface area contributed by atoms with Crippen molar-refractivity contribution in [1.82, 2.24) is 9.97 Å². The molecule has 3 N–H and O–H groups in total. The SMILES string of the molecule is CSc1nc(N)cc(NC(C)CS(C)(=O)=O)n1. The number of thioether (sulfide) groups is 1. The minimum Gasteiger partial charge on any atom is -0.383 e. The quantitative estimate of drug-likeness (QED) is 0.601. The molecule has 0 aliphatic rings. The molecule has 6 nitrogen and oxygen atoms in total. The van der Waals surface area contributed by atoms with Gasteiger partial charge in [0.25, 0.3) is 0 Å². The standard InChI is InChI=1S/C9H16N4O2S2/c1-6(5-17(3,14)15)11-8-4-7(10)12-9(13-8)16-2/h4,6H,5H2,1-3H3,(H3,10,11,12,13). The van der Waals surface area contributed by atoms with Crippen LogP contribution in [0.2, 0.25) is 0 Å². The van der Waals surface area contributed by atoms with Crippen molar-refractivity contribution >= 4 is 33.2 Å². The first-order valence-electron chi connectivity index (χ1n) is 4.93. The molecule has 0 radical (unpaired) electrons. The first kappa shape index (κ1) is 14.0. The second-order valence-corrected chi connectivity index (χ2v) is 6.76. The number of nitrogens with two attached hydrogens (primary N) is 1. The lowest BCUT2D eigenvalue weighted by Gasteiger charge is -2.13. The summed E-state index contributed by atoms with van der Waals surface area (Å²) in [4.78, 5) is 8.19. The number of sulfone groups is 1. The summed E-state index contributed by atoms with van der Waals surface area (Å²) >= 11 is 1.38. The van der Waals surface area contributed by atoms with Crippen LogP contribution >= 0.6 is 11.8 Å². The van der Waals surface area contributed by atoms with Crippen molar-refractivity contribution < 1.29 is 8.42 Å². The first-order valence-corrected chi connectivity index (χ1v) is 8.21. The average molecular weight is 276 g/mol. The van der Waals surface area contributed by atoms with E-state index in [0.29, 0.717) is 16.8 Å². The molecule has 0 spiro atoms. The molecule has 1 heterocycles. The number of hydrogen-bond donors (Lipinski definition) is 2. The third kappa shape index (κ3) is 5.22. The molecule has 0 aromatic carbocycles.